The summed E-state index contributed by atoms with van der Waals surface area (Å²) >= 11 is 0. The number of amides is 1. The van der Waals surface area contributed by atoms with Crippen LogP contribution in [0.1, 0.15) is 41.6 Å². The highest BCUT2D eigenvalue weighted by atomic mass is 16.3. The zero-order valence-electron chi connectivity index (χ0n) is 18.4. The number of hydrogen-bond acceptors (Lipinski definition) is 5. The molecular weight excluding hydrogens is 388 g/mol. The Morgan fingerprint density at radius 2 is 1.84 bits per heavy atom. The van der Waals surface area contributed by atoms with E-state index in [0.717, 1.165) is 51.9 Å². The molecule has 6 nitrogen and oxygen atoms in total. The van der Waals surface area contributed by atoms with Crippen molar-refractivity contribution in [2.24, 2.45) is 0 Å². The average Bonchev–Trinajstić information content (AvgIpc) is 2.99. The van der Waals surface area contributed by atoms with E-state index in [2.05, 4.69) is 51.4 Å². The van der Waals surface area contributed by atoms with Crippen LogP contribution in [0.25, 0.3) is 0 Å². The van der Waals surface area contributed by atoms with E-state index >= 15 is 0 Å². The average molecular weight is 423 g/mol. The van der Waals surface area contributed by atoms with E-state index in [0.29, 0.717) is 12.1 Å². The Morgan fingerprint density at radius 3 is 2.55 bits per heavy atom. The van der Waals surface area contributed by atoms with Gasteiger partial charge < -0.3 is 15.3 Å². The van der Waals surface area contributed by atoms with E-state index in [-0.39, 0.29) is 23.5 Å². The molecule has 2 aliphatic rings. The van der Waals surface area contributed by atoms with Crippen LogP contribution in [0.4, 0.5) is 0 Å². The van der Waals surface area contributed by atoms with Crippen LogP contribution in [0.5, 0.6) is 0 Å². The summed E-state index contributed by atoms with van der Waals surface area (Å²) in [5, 5.41) is 14.2. The van der Waals surface area contributed by atoms with Gasteiger partial charge in [-0.2, -0.15) is 0 Å². The highest BCUT2D eigenvalue weighted by Crippen LogP contribution is 2.39. The first-order valence-electron chi connectivity index (χ1n) is 11.4. The lowest BCUT2D eigenvalue weighted by molar-refractivity contribution is 0.0200. The van der Waals surface area contributed by atoms with E-state index in [1.54, 1.807) is 24.5 Å². The second-order valence-electron chi connectivity index (χ2n) is 9.12. The lowest BCUT2D eigenvalue weighted by Gasteiger charge is -2.39. The van der Waals surface area contributed by atoms with E-state index in [4.69, 9.17) is 0 Å². The third-order valence-electron chi connectivity index (χ3n) is 7.19. The number of carbonyl (C=O) groups excluding carboxylic acids is 1. The van der Waals surface area contributed by atoms with Crippen LogP contribution in [-0.2, 0) is 5.41 Å². The fourth-order valence-corrected chi connectivity index (χ4v) is 5.15. The smallest absolute Gasteiger partial charge is 0.252 e. The van der Waals surface area contributed by atoms with Crippen molar-refractivity contribution in [2.75, 3.05) is 39.8 Å². The van der Waals surface area contributed by atoms with Crippen LogP contribution in [0.3, 0.4) is 0 Å². The van der Waals surface area contributed by atoms with Crippen molar-refractivity contribution in [1.29, 1.82) is 0 Å². The number of aromatic nitrogens is 1. The van der Waals surface area contributed by atoms with Gasteiger partial charge in [0.1, 0.15) is 0 Å². The van der Waals surface area contributed by atoms with Crippen LogP contribution in [0.2, 0.25) is 0 Å². The Morgan fingerprint density at radius 1 is 1.10 bits per heavy atom. The molecule has 1 aliphatic carbocycles. The molecule has 6 heteroatoms. The number of piperazine rings is 1. The molecule has 31 heavy (non-hydrogen) atoms. The molecule has 2 fully saturated rings. The van der Waals surface area contributed by atoms with Crippen molar-refractivity contribution < 1.29 is 9.90 Å². The Hall–Kier alpha value is -2.28. The Kier molecular flexibility index (Phi) is 7.00. The van der Waals surface area contributed by atoms with E-state index in [1.165, 1.54) is 5.56 Å². The molecule has 1 saturated carbocycles. The third kappa shape index (κ3) is 5.14. The minimum Gasteiger partial charge on any atom is -0.391 e. The fraction of sp³-hybridized carbons (Fsp3) is 0.520. The molecule has 1 saturated heterocycles. The highest BCUT2D eigenvalue weighted by Gasteiger charge is 2.40. The van der Waals surface area contributed by atoms with Gasteiger partial charge in [0.15, 0.2) is 0 Å². The van der Waals surface area contributed by atoms with Crippen molar-refractivity contribution in [2.45, 2.75) is 43.2 Å². The van der Waals surface area contributed by atoms with Gasteiger partial charge in [-0.15, -0.1) is 0 Å². The largest absolute Gasteiger partial charge is 0.391 e. The van der Waals surface area contributed by atoms with Crippen LogP contribution in [-0.4, -0.2) is 77.7 Å². The Bertz CT molecular complexity index is 839. The summed E-state index contributed by atoms with van der Waals surface area (Å²) in [7, 11) is 2.16. The number of hydrogen-bond donors (Lipinski definition) is 2. The number of likely N-dealkylation sites (N-methyl/N-ethyl adjacent to an activating group) is 1. The van der Waals surface area contributed by atoms with Gasteiger partial charge in [-0.25, -0.2) is 0 Å². The predicted octanol–water partition coefficient (Wildman–Crippen LogP) is 2.30. The van der Waals surface area contributed by atoms with Gasteiger partial charge in [0, 0.05) is 56.6 Å². The van der Waals surface area contributed by atoms with Gasteiger partial charge >= 0.3 is 0 Å². The maximum Gasteiger partial charge on any atom is 0.252 e. The molecule has 2 heterocycles. The number of pyridine rings is 1. The first kappa shape index (κ1) is 21.9. The maximum atomic E-state index is 12.7. The normalized spacial score (nSPS) is 28.1. The second-order valence-corrected chi connectivity index (χ2v) is 9.12. The molecule has 1 aromatic carbocycles. The van der Waals surface area contributed by atoms with Crippen LogP contribution in [0.15, 0.2) is 54.9 Å². The number of aliphatic hydroxyl groups is 1. The van der Waals surface area contributed by atoms with Gasteiger partial charge in [0.05, 0.1) is 11.7 Å². The van der Waals surface area contributed by atoms with Crippen LogP contribution in [0, 0.1) is 0 Å². The molecule has 1 amide bonds. The standard InChI is InChI=1S/C25H34N4O2/c1-28-14-16-29(17-15-28)22-9-11-25(12-10-23(22)30,21-7-3-2-4-8-21)19-27-24(31)20-6-5-13-26-18-20/h2-8,13,18,22-23,30H,9-12,14-17,19H2,1H3,(H,27,31)/t22-,23-,25-/m0/s1. The van der Waals surface area contributed by atoms with E-state index in [9.17, 15) is 9.90 Å². The topological polar surface area (TPSA) is 68.7 Å². The predicted molar refractivity (Wildman–Crippen MR) is 122 cm³/mol. The maximum absolute atomic E-state index is 12.7. The summed E-state index contributed by atoms with van der Waals surface area (Å²) in [5.74, 6) is -0.0937. The molecule has 0 spiro atoms. The number of nitrogens with one attached hydrogen (secondary N) is 1. The Balaban J connectivity index is 1.52. The first-order valence-corrected chi connectivity index (χ1v) is 11.4. The molecule has 0 radical (unpaired) electrons. The Labute approximate surface area is 185 Å². The fourth-order valence-electron chi connectivity index (χ4n) is 5.15. The van der Waals surface area contributed by atoms with Gasteiger partial charge in [-0.05, 0) is 50.4 Å². The minimum absolute atomic E-state index is 0.0937. The SMILES string of the molecule is CN1CCN([C@H]2CC[C@](CNC(=O)c3cccnc3)(c3ccccc3)CC[C@@H]2O)CC1. The number of rotatable bonds is 5. The van der Waals surface area contributed by atoms with Crippen molar-refractivity contribution in [3.05, 3.63) is 66.0 Å². The van der Waals surface area contributed by atoms with Crippen molar-refractivity contribution in [1.82, 2.24) is 20.1 Å². The summed E-state index contributed by atoms with van der Waals surface area (Å²) in [6.45, 7) is 4.68. The number of carbonyl (C=O) groups is 1. The molecule has 2 aromatic rings. The molecule has 1 aliphatic heterocycles. The molecule has 4 rings (SSSR count). The number of nitrogens with zero attached hydrogens (tertiary/aromatic N) is 3. The summed E-state index contributed by atoms with van der Waals surface area (Å²) < 4.78 is 0. The van der Waals surface area contributed by atoms with Crippen molar-refractivity contribution >= 4 is 5.91 Å². The van der Waals surface area contributed by atoms with Crippen LogP contribution < -0.4 is 5.32 Å². The van der Waals surface area contributed by atoms with E-state index < -0.39 is 0 Å². The molecule has 166 valence electrons. The minimum atomic E-state index is -0.331. The quantitative estimate of drug-likeness (QED) is 0.724. The number of aliphatic hydroxyl groups excluding tert-OH is 1. The summed E-state index contributed by atoms with van der Waals surface area (Å²) in [4.78, 5) is 21.6. The summed E-state index contributed by atoms with van der Waals surface area (Å²) in [5.41, 5.74) is 1.64. The first-order chi connectivity index (χ1) is 15.1. The molecule has 2 N–H and O–H groups in total. The van der Waals surface area contributed by atoms with E-state index in [1.807, 2.05) is 6.07 Å². The molecular formula is C25H34N4O2. The molecule has 1 aromatic heterocycles. The third-order valence-corrected chi connectivity index (χ3v) is 7.19. The summed E-state index contributed by atoms with van der Waals surface area (Å²) in [6, 6.07) is 14.3. The lowest BCUT2D eigenvalue weighted by atomic mass is 9.74. The summed E-state index contributed by atoms with van der Waals surface area (Å²) in [6.07, 6.45) is 6.42. The van der Waals surface area contributed by atoms with Gasteiger partial charge in [-0.3, -0.25) is 14.7 Å². The molecule has 0 bridgehead atoms. The van der Waals surface area contributed by atoms with Gasteiger partial charge in [0.25, 0.3) is 5.91 Å². The molecule has 3 atom stereocenters. The second kappa shape index (κ2) is 9.90. The zero-order valence-corrected chi connectivity index (χ0v) is 18.4. The van der Waals surface area contributed by atoms with Gasteiger partial charge in [-0.1, -0.05) is 30.3 Å². The number of benzene rings is 1. The van der Waals surface area contributed by atoms with Crippen LogP contribution >= 0.6 is 0 Å². The van der Waals surface area contributed by atoms with Gasteiger partial charge in [0.2, 0.25) is 0 Å². The highest BCUT2D eigenvalue weighted by molar-refractivity contribution is 5.93. The molecule has 0 unspecified atom stereocenters. The van der Waals surface area contributed by atoms with Crippen molar-refractivity contribution in [3.63, 3.8) is 0 Å². The lowest BCUT2D eigenvalue weighted by Crippen LogP contribution is -2.52. The zero-order chi connectivity index (χ0) is 21.7. The monoisotopic (exact) mass is 422 g/mol. The van der Waals surface area contributed by atoms with Crippen molar-refractivity contribution in [3.8, 4) is 0 Å².